The third-order valence-corrected chi connectivity index (χ3v) is 10.1. The first-order valence-corrected chi connectivity index (χ1v) is 11.3. The zero-order chi connectivity index (χ0) is 19.5. The molecule has 4 heteroatoms. The molecule has 0 radical (unpaired) electrons. The number of nitrogen functional groups attached to an aromatic ring is 1. The van der Waals surface area contributed by atoms with Gasteiger partial charge in [-0.2, -0.15) is 0 Å². The monoisotopic (exact) mass is 376 g/mol. The van der Waals surface area contributed by atoms with Crippen molar-refractivity contribution in [2.45, 2.75) is 38.7 Å². The van der Waals surface area contributed by atoms with Gasteiger partial charge in [-0.25, -0.2) is 0 Å². The van der Waals surface area contributed by atoms with Crippen LogP contribution >= 0.6 is 0 Å². The molecule has 0 unspecified atom stereocenters. The van der Waals surface area contributed by atoms with E-state index < -0.39 is 8.32 Å². The number of anilines is 1. The molecule has 27 heavy (non-hydrogen) atoms. The molecule has 0 aliphatic heterocycles. The lowest BCUT2D eigenvalue weighted by atomic mass is 10.0. The highest BCUT2D eigenvalue weighted by atomic mass is 28.4. The van der Waals surface area contributed by atoms with Crippen LogP contribution in [0.1, 0.15) is 31.5 Å². The van der Waals surface area contributed by atoms with Crippen LogP contribution < -0.4 is 16.1 Å². The minimum atomic E-state index is -2.96. The van der Waals surface area contributed by atoms with Gasteiger partial charge in [-0.15, -0.1) is 0 Å². The van der Waals surface area contributed by atoms with Crippen molar-refractivity contribution < 1.29 is 4.80 Å². The number of hydrogen-bond acceptors (Lipinski definition) is 3. The quantitative estimate of drug-likeness (QED) is 0.648. The molecule has 0 aliphatic carbocycles. The average molecular weight is 377 g/mol. The van der Waals surface area contributed by atoms with E-state index in [1.807, 2.05) is 43.3 Å². The van der Waals surface area contributed by atoms with E-state index in [2.05, 4.69) is 49.2 Å². The molecule has 2 aromatic carbocycles. The lowest BCUT2D eigenvalue weighted by Crippen LogP contribution is -2.65. The summed E-state index contributed by atoms with van der Waals surface area (Å²) >= 11 is 0. The first-order chi connectivity index (χ1) is 12.8. The Morgan fingerprint density at radius 2 is 1.48 bits per heavy atom. The van der Waals surface area contributed by atoms with E-state index in [-0.39, 0.29) is 5.04 Å². The van der Waals surface area contributed by atoms with Crippen LogP contribution in [-0.4, -0.2) is 18.1 Å². The van der Waals surface area contributed by atoms with Crippen molar-refractivity contribution in [3.63, 3.8) is 0 Å². The topological polar surface area (TPSA) is 59.1 Å². The summed E-state index contributed by atoms with van der Waals surface area (Å²) in [6, 6.07) is 22.3. The molecule has 3 nitrogen and oxygen atoms in total. The number of pyridine rings is 1. The van der Waals surface area contributed by atoms with Gasteiger partial charge in [0, 0.05) is 5.69 Å². The van der Waals surface area contributed by atoms with Crippen molar-refractivity contribution in [3.05, 3.63) is 84.2 Å². The van der Waals surface area contributed by atoms with Gasteiger partial charge in [0.25, 0.3) is 8.32 Å². The first kappa shape index (κ1) is 19.3. The van der Waals surface area contributed by atoms with Gasteiger partial charge < -0.3 is 10.5 Å². The molecule has 140 valence electrons. The highest BCUT2D eigenvalue weighted by Gasteiger charge is 2.49. The average Bonchev–Trinajstić information content (AvgIpc) is 2.69. The number of nitrogens with zero attached hydrogens (tertiary/aromatic N) is 1. The summed E-state index contributed by atoms with van der Waals surface area (Å²) in [5, 5.41) is 1.82. The predicted molar refractivity (Wildman–Crippen MR) is 116 cm³/mol. The van der Waals surface area contributed by atoms with E-state index in [1.165, 1.54) is 0 Å². The number of benzene rings is 2. The minimum Gasteiger partial charge on any atom is -0.424 e. The molecule has 0 fully saturated rings. The summed E-state index contributed by atoms with van der Waals surface area (Å²) in [4.78, 5) is 16.6. The Hall–Kier alpha value is -2.43. The Morgan fingerprint density at radius 3 is 1.96 bits per heavy atom. The Morgan fingerprint density at radius 1 is 0.963 bits per heavy atom. The zero-order valence-electron chi connectivity index (χ0n) is 16.3. The molecule has 0 saturated carbocycles. The van der Waals surface area contributed by atoms with Gasteiger partial charge >= 0.3 is 0 Å². The third kappa shape index (κ3) is 3.82. The van der Waals surface area contributed by atoms with E-state index >= 15 is 0 Å². The molecular weight excluding hydrogens is 348 g/mol. The lowest BCUT2D eigenvalue weighted by Gasteiger charge is -2.41. The second-order valence-corrected chi connectivity index (χ2v) is 11.8. The molecule has 0 bridgehead atoms. The second kappa shape index (κ2) is 7.67. The van der Waals surface area contributed by atoms with Gasteiger partial charge in [0.15, 0.2) is 0 Å². The Kier molecular flexibility index (Phi) is 5.49. The molecule has 1 heterocycles. The zero-order valence-corrected chi connectivity index (χ0v) is 17.3. The Balaban J connectivity index is 1.96. The number of nitrogens with two attached hydrogens (primary N) is 1. The molecule has 0 saturated heterocycles. The second-order valence-electron chi connectivity index (χ2n) is 7.86. The van der Waals surface area contributed by atoms with Crippen molar-refractivity contribution in [2.75, 3.05) is 5.73 Å². The van der Waals surface area contributed by atoms with Crippen LogP contribution in [0.15, 0.2) is 72.9 Å². The summed E-state index contributed by atoms with van der Waals surface area (Å²) in [5.74, 6) is 0. The predicted octanol–water partition coefficient (Wildman–Crippen LogP) is 3.44. The Labute approximate surface area is 163 Å². The Bertz CT molecular complexity index is 855. The van der Waals surface area contributed by atoms with Crippen LogP contribution in [0.4, 0.5) is 5.69 Å². The van der Waals surface area contributed by atoms with Gasteiger partial charge in [-0.3, -0.25) is 4.98 Å². The van der Waals surface area contributed by atoms with Gasteiger partial charge in [0.2, 0.25) is 0 Å². The molecule has 0 aliphatic rings. The van der Waals surface area contributed by atoms with Gasteiger partial charge in [0.05, 0.1) is 11.9 Å². The fraction of sp³-hybridized carbons (Fsp3) is 0.261. The number of aryl methyl sites for hydroxylation is 2. The summed E-state index contributed by atoms with van der Waals surface area (Å²) < 4.78 is 0. The SMILES string of the molecule is Cc1cc(CCC(C)(C)[Si](O)(c2ccccc2)c2ccccc2)ncc1N. The van der Waals surface area contributed by atoms with Gasteiger partial charge in [-0.05, 0) is 46.8 Å². The molecule has 0 spiro atoms. The molecule has 0 atom stereocenters. The van der Waals surface area contributed by atoms with E-state index in [9.17, 15) is 4.80 Å². The molecule has 1 aromatic heterocycles. The smallest absolute Gasteiger partial charge is 0.258 e. The van der Waals surface area contributed by atoms with E-state index in [4.69, 9.17) is 5.73 Å². The van der Waals surface area contributed by atoms with Crippen LogP contribution in [-0.2, 0) is 6.42 Å². The normalized spacial score (nSPS) is 12.1. The molecule has 3 aromatic rings. The van der Waals surface area contributed by atoms with Crippen LogP contribution in [0.25, 0.3) is 0 Å². The van der Waals surface area contributed by atoms with E-state index in [0.717, 1.165) is 40.2 Å². The fourth-order valence-electron chi connectivity index (χ4n) is 3.69. The van der Waals surface area contributed by atoms with Crippen LogP contribution in [0.5, 0.6) is 0 Å². The third-order valence-electron chi connectivity index (χ3n) is 5.58. The maximum absolute atomic E-state index is 12.2. The summed E-state index contributed by atoms with van der Waals surface area (Å²) in [5.41, 5.74) is 8.69. The van der Waals surface area contributed by atoms with Crippen LogP contribution in [0.3, 0.4) is 0 Å². The standard InChI is InChI=1S/C23H28N2OSi/c1-18-16-19(25-17-22(18)24)14-15-23(2,3)27(26,20-10-6-4-7-11-20)21-12-8-5-9-13-21/h4-13,16-17,26H,14-15,24H2,1-3H3. The van der Waals surface area contributed by atoms with Gasteiger partial charge in [-0.1, -0.05) is 74.5 Å². The van der Waals surface area contributed by atoms with E-state index in [1.54, 1.807) is 6.20 Å². The highest BCUT2D eigenvalue weighted by molar-refractivity contribution is 6.98. The highest BCUT2D eigenvalue weighted by Crippen LogP contribution is 2.39. The number of hydrogen-bond donors (Lipinski definition) is 2. The summed E-state index contributed by atoms with van der Waals surface area (Å²) in [6.45, 7) is 6.37. The van der Waals surface area contributed by atoms with Crippen molar-refractivity contribution >= 4 is 24.4 Å². The summed E-state index contributed by atoms with van der Waals surface area (Å²) in [6.07, 6.45) is 3.38. The van der Waals surface area contributed by atoms with E-state index in [0.29, 0.717) is 0 Å². The van der Waals surface area contributed by atoms with Crippen molar-refractivity contribution in [1.82, 2.24) is 4.98 Å². The first-order valence-electron chi connectivity index (χ1n) is 9.39. The van der Waals surface area contributed by atoms with Crippen LogP contribution in [0.2, 0.25) is 5.04 Å². The molecule has 3 N–H and O–H groups in total. The largest absolute Gasteiger partial charge is 0.424 e. The lowest BCUT2D eigenvalue weighted by molar-refractivity contribution is 0.465. The number of aromatic nitrogens is 1. The molecular formula is C23H28N2OSi. The van der Waals surface area contributed by atoms with Crippen LogP contribution in [0, 0.1) is 6.92 Å². The van der Waals surface area contributed by atoms with Crippen molar-refractivity contribution in [1.29, 1.82) is 0 Å². The molecule has 0 amide bonds. The summed E-state index contributed by atoms with van der Waals surface area (Å²) in [7, 11) is -2.96. The van der Waals surface area contributed by atoms with Gasteiger partial charge in [0.1, 0.15) is 0 Å². The minimum absolute atomic E-state index is 0.271. The maximum atomic E-state index is 12.2. The van der Waals surface area contributed by atoms with Crippen molar-refractivity contribution in [3.8, 4) is 0 Å². The maximum Gasteiger partial charge on any atom is 0.258 e. The molecule has 3 rings (SSSR count). The number of rotatable bonds is 6. The van der Waals surface area contributed by atoms with Crippen molar-refractivity contribution in [2.24, 2.45) is 0 Å². The fourth-order valence-corrected chi connectivity index (χ4v) is 7.42.